The molecule has 2 heterocycles. The molecule has 1 aromatic heterocycles. The molecule has 0 saturated carbocycles. The van der Waals surface area contributed by atoms with Gasteiger partial charge in [0.05, 0.1) is 24.1 Å². The minimum Gasteiger partial charge on any atom is -0.382 e. The zero-order valence-corrected chi connectivity index (χ0v) is 12.8. The van der Waals surface area contributed by atoms with Crippen LogP contribution in [0.1, 0.15) is 31.4 Å². The van der Waals surface area contributed by atoms with Gasteiger partial charge >= 0.3 is 0 Å². The molecule has 1 saturated heterocycles. The van der Waals surface area contributed by atoms with Crippen molar-refractivity contribution >= 4 is 11.7 Å². The summed E-state index contributed by atoms with van der Waals surface area (Å²) >= 11 is 0. The SMILES string of the molecule is Nc1cnc(CCC[C@H](N)C(=O)N2CCC(=C(F)F)CC2)cn1. The largest absolute Gasteiger partial charge is 0.382 e. The second-order valence-corrected chi connectivity index (χ2v) is 5.62. The highest BCUT2D eigenvalue weighted by atomic mass is 19.3. The van der Waals surface area contributed by atoms with Gasteiger partial charge < -0.3 is 16.4 Å². The summed E-state index contributed by atoms with van der Waals surface area (Å²) in [7, 11) is 0. The fraction of sp³-hybridized carbons (Fsp3) is 0.533. The van der Waals surface area contributed by atoms with E-state index in [0.717, 1.165) is 5.69 Å². The first-order valence-corrected chi connectivity index (χ1v) is 7.61. The van der Waals surface area contributed by atoms with Crippen LogP contribution in [-0.4, -0.2) is 39.9 Å². The number of aromatic nitrogens is 2. The van der Waals surface area contributed by atoms with Gasteiger partial charge in [-0.25, -0.2) is 4.98 Å². The number of hydrogen-bond acceptors (Lipinski definition) is 5. The maximum Gasteiger partial charge on any atom is 0.269 e. The number of anilines is 1. The van der Waals surface area contributed by atoms with E-state index < -0.39 is 12.1 Å². The van der Waals surface area contributed by atoms with Crippen molar-refractivity contribution in [3.05, 3.63) is 29.7 Å². The Morgan fingerprint density at radius 1 is 1.26 bits per heavy atom. The lowest BCUT2D eigenvalue weighted by Gasteiger charge is -2.30. The molecule has 0 aliphatic carbocycles. The van der Waals surface area contributed by atoms with Gasteiger partial charge in [0, 0.05) is 13.1 Å². The molecule has 1 fully saturated rings. The predicted octanol–water partition coefficient (Wildman–Crippen LogP) is 1.48. The monoisotopic (exact) mass is 325 g/mol. The van der Waals surface area contributed by atoms with E-state index in [9.17, 15) is 13.6 Å². The lowest BCUT2D eigenvalue weighted by molar-refractivity contribution is -0.133. The molecule has 126 valence electrons. The molecular formula is C15H21F2N5O. The van der Waals surface area contributed by atoms with Gasteiger partial charge in [-0.15, -0.1) is 0 Å². The third-order valence-electron chi connectivity index (χ3n) is 3.94. The number of carbonyl (C=O) groups is 1. The zero-order chi connectivity index (χ0) is 16.8. The lowest BCUT2D eigenvalue weighted by atomic mass is 10.0. The van der Waals surface area contributed by atoms with Crippen LogP contribution in [0, 0.1) is 0 Å². The van der Waals surface area contributed by atoms with Crippen molar-refractivity contribution < 1.29 is 13.6 Å². The van der Waals surface area contributed by atoms with Crippen molar-refractivity contribution in [3.8, 4) is 0 Å². The maximum atomic E-state index is 12.5. The number of hydrogen-bond donors (Lipinski definition) is 2. The molecule has 23 heavy (non-hydrogen) atoms. The third-order valence-corrected chi connectivity index (χ3v) is 3.94. The van der Waals surface area contributed by atoms with Gasteiger partial charge in [-0.05, 0) is 37.7 Å². The fourth-order valence-corrected chi connectivity index (χ4v) is 2.54. The molecule has 4 N–H and O–H groups in total. The lowest BCUT2D eigenvalue weighted by Crippen LogP contribution is -2.46. The van der Waals surface area contributed by atoms with Crippen molar-refractivity contribution in [3.63, 3.8) is 0 Å². The van der Waals surface area contributed by atoms with Gasteiger partial charge in [-0.3, -0.25) is 9.78 Å². The average Bonchev–Trinajstić information content (AvgIpc) is 2.56. The van der Waals surface area contributed by atoms with E-state index in [0.29, 0.717) is 38.2 Å². The van der Waals surface area contributed by atoms with Crippen LogP contribution in [0.2, 0.25) is 0 Å². The van der Waals surface area contributed by atoms with Gasteiger partial charge in [0.2, 0.25) is 5.91 Å². The van der Waals surface area contributed by atoms with Gasteiger partial charge in [0.25, 0.3) is 6.08 Å². The molecule has 2 rings (SSSR count). The first kappa shape index (κ1) is 17.3. The third kappa shape index (κ3) is 4.95. The Morgan fingerprint density at radius 2 is 1.96 bits per heavy atom. The van der Waals surface area contributed by atoms with E-state index in [1.807, 2.05) is 0 Å². The molecular weight excluding hydrogens is 304 g/mol. The standard InChI is InChI=1S/C15H21F2N5O/c16-14(17)10-4-6-22(7-5-10)15(23)12(18)3-1-2-11-8-21-13(19)9-20-11/h8-9,12H,1-7,18H2,(H2,19,21)/t12-/m0/s1. The molecule has 1 aliphatic rings. The van der Waals surface area contributed by atoms with Crippen molar-refractivity contribution in [2.45, 2.75) is 38.1 Å². The second kappa shape index (κ2) is 7.96. The number of piperidine rings is 1. The van der Waals surface area contributed by atoms with Gasteiger partial charge in [0.15, 0.2) is 0 Å². The van der Waals surface area contributed by atoms with Gasteiger partial charge in [-0.2, -0.15) is 8.78 Å². The number of amides is 1. The number of rotatable bonds is 5. The van der Waals surface area contributed by atoms with Gasteiger partial charge in [-0.1, -0.05) is 0 Å². The molecule has 0 bridgehead atoms. The minimum absolute atomic E-state index is 0.143. The summed E-state index contributed by atoms with van der Waals surface area (Å²) in [5.41, 5.74) is 12.3. The van der Waals surface area contributed by atoms with Crippen LogP contribution < -0.4 is 11.5 Å². The summed E-state index contributed by atoms with van der Waals surface area (Å²) in [6.07, 6.45) is 3.80. The van der Waals surface area contributed by atoms with Crippen LogP contribution in [0.3, 0.4) is 0 Å². The highest BCUT2D eigenvalue weighted by molar-refractivity contribution is 5.81. The quantitative estimate of drug-likeness (QED) is 0.854. The molecule has 6 nitrogen and oxygen atoms in total. The van der Waals surface area contributed by atoms with Crippen LogP contribution in [0.5, 0.6) is 0 Å². The zero-order valence-electron chi connectivity index (χ0n) is 12.8. The highest BCUT2D eigenvalue weighted by Gasteiger charge is 2.25. The van der Waals surface area contributed by atoms with E-state index in [2.05, 4.69) is 9.97 Å². The first-order chi connectivity index (χ1) is 11.0. The van der Waals surface area contributed by atoms with Crippen LogP contribution in [0.15, 0.2) is 24.0 Å². The molecule has 0 unspecified atom stereocenters. The highest BCUT2D eigenvalue weighted by Crippen LogP contribution is 2.22. The van der Waals surface area contributed by atoms with E-state index in [1.165, 1.54) is 6.20 Å². The maximum absolute atomic E-state index is 12.5. The summed E-state index contributed by atoms with van der Waals surface area (Å²) in [6.45, 7) is 0.616. The van der Waals surface area contributed by atoms with E-state index >= 15 is 0 Å². The molecule has 1 aromatic rings. The Kier molecular flexibility index (Phi) is 5.97. The Morgan fingerprint density at radius 3 is 2.52 bits per heavy atom. The molecule has 0 aromatic carbocycles. The molecule has 8 heteroatoms. The molecule has 1 atom stereocenters. The minimum atomic E-state index is -1.62. The number of carbonyl (C=O) groups excluding carboxylic acids is 1. The summed E-state index contributed by atoms with van der Waals surface area (Å²) in [5, 5.41) is 0. The molecule has 1 amide bonds. The number of halogens is 2. The Balaban J connectivity index is 1.75. The number of aryl methyl sites for hydroxylation is 1. The number of likely N-dealkylation sites (tertiary alicyclic amines) is 1. The summed E-state index contributed by atoms with van der Waals surface area (Å²) in [5.74, 6) is 0.190. The summed E-state index contributed by atoms with van der Waals surface area (Å²) < 4.78 is 25.0. The van der Waals surface area contributed by atoms with E-state index in [1.54, 1.807) is 11.1 Å². The van der Waals surface area contributed by atoms with Crippen LogP contribution in [-0.2, 0) is 11.2 Å². The number of nitrogen functional groups attached to an aromatic ring is 1. The summed E-state index contributed by atoms with van der Waals surface area (Å²) in [6, 6.07) is -0.613. The van der Waals surface area contributed by atoms with Crippen molar-refractivity contribution in [2.24, 2.45) is 5.73 Å². The van der Waals surface area contributed by atoms with E-state index in [4.69, 9.17) is 11.5 Å². The smallest absolute Gasteiger partial charge is 0.269 e. The van der Waals surface area contributed by atoms with Crippen molar-refractivity contribution in [1.29, 1.82) is 0 Å². The number of nitrogens with zero attached hydrogens (tertiary/aromatic N) is 3. The van der Waals surface area contributed by atoms with Gasteiger partial charge in [0.1, 0.15) is 5.82 Å². The molecule has 1 aliphatic heterocycles. The summed E-state index contributed by atoms with van der Waals surface area (Å²) in [4.78, 5) is 21.9. The normalized spacial score (nSPS) is 16.3. The van der Waals surface area contributed by atoms with Crippen LogP contribution in [0.4, 0.5) is 14.6 Å². The fourth-order valence-electron chi connectivity index (χ4n) is 2.54. The van der Waals surface area contributed by atoms with Crippen molar-refractivity contribution in [1.82, 2.24) is 14.9 Å². The Hall–Kier alpha value is -2.09. The van der Waals surface area contributed by atoms with Crippen LogP contribution >= 0.6 is 0 Å². The topological polar surface area (TPSA) is 98.1 Å². The van der Waals surface area contributed by atoms with Crippen LogP contribution in [0.25, 0.3) is 0 Å². The van der Waals surface area contributed by atoms with E-state index in [-0.39, 0.29) is 24.3 Å². The number of nitrogens with two attached hydrogens (primary N) is 2. The first-order valence-electron chi connectivity index (χ1n) is 7.61. The molecule has 0 spiro atoms. The Labute approximate surface area is 133 Å². The van der Waals surface area contributed by atoms with Crippen molar-refractivity contribution in [2.75, 3.05) is 18.8 Å². The molecule has 0 radical (unpaired) electrons. The average molecular weight is 325 g/mol. The second-order valence-electron chi connectivity index (χ2n) is 5.62. The predicted molar refractivity (Wildman–Crippen MR) is 82.4 cm³/mol. The Bertz CT molecular complexity index is 562.